The standard InChI is InChI=1S/C13H22ClN3O/c1-9-12(14)11(17(2)16-9)7-13(8-15)5-3-10(18)4-6-13/h10,18H,3-8,15H2,1-2H3. The number of rotatable bonds is 3. The van der Waals surface area contributed by atoms with Crippen LogP contribution in [-0.2, 0) is 13.5 Å². The van der Waals surface area contributed by atoms with Crippen molar-refractivity contribution in [1.82, 2.24) is 9.78 Å². The second kappa shape index (κ2) is 5.19. The fourth-order valence-corrected chi connectivity index (χ4v) is 3.12. The first-order chi connectivity index (χ1) is 8.47. The highest BCUT2D eigenvalue weighted by Gasteiger charge is 2.35. The minimum Gasteiger partial charge on any atom is -0.393 e. The summed E-state index contributed by atoms with van der Waals surface area (Å²) in [6.45, 7) is 2.56. The highest BCUT2D eigenvalue weighted by atomic mass is 35.5. The average Bonchev–Trinajstić information content (AvgIpc) is 2.59. The Labute approximate surface area is 113 Å². The third kappa shape index (κ3) is 2.56. The molecule has 1 fully saturated rings. The molecule has 0 spiro atoms. The molecule has 1 heterocycles. The summed E-state index contributed by atoms with van der Waals surface area (Å²) >= 11 is 6.31. The maximum Gasteiger partial charge on any atom is 0.0847 e. The van der Waals surface area contributed by atoms with Gasteiger partial charge >= 0.3 is 0 Å². The molecule has 1 saturated carbocycles. The van der Waals surface area contributed by atoms with Crippen molar-refractivity contribution < 1.29 is 5.11 Å². The summed E-state index contributed by atoms with van der Waals surface area (Å²) < 4.78 is 1.86. The lowest BCUT2D eigenvalue weighted by molar-refractivity contribution is 0.0656. The topological polar surface area (TPSA) is 64.1 Å². The van der Waals surface area contributed by atoms with Gasteiger partial charge in [0.15, 0.2) is 0 Å². The predicted molar refractivity (Wildman–Crippen MR) is 72.6 cm³/mol. The lowest BCUT2D eigenvalue weighted by atomic mass is 9.70. The van der Waals surface area contributed by atoms with Gasteiger partial charge in [0.1, 0.15) is 0 Å². The lowest BCUT2D eigenvalue weighted by Crippen LogP contribution is -2.38. The molecule has 0 unspecified atom stereocenters. The fraction of sp³-hybridized carbons (Fsp3) is 0.769. The normalized spacial score (nSPS) is 28.6. The second-order valence-corrected chi connectivity index (χ2v) is 5.96. The number of nitrogens with two attached hydrogens (primary N) is 1. The molecule has 0 aromatic carbocycles. The molecular formula is C13H22ClN3O. The Morgan fingerprint density at radius 1 is 1.50 bits per heavy atom. The van der Waals surface area contributed by atoms with Crippen LogP contribution in [0.4, 0.5) is 0 Å². The number of nitrogens with zero attached hydrogens (tertiary/aromatic N) is 2. The van der Waals surface area contributed by atoms with Crippen LogP contribution in [0.2, 0.25) is 5.02 Å². The Balaban J connectivity index is 2.20. The van der Waals surface area contributed by atoms with E-state index in [1.54, 1.807) is 0 Å². The zero-order valence-electron chi connectivity index (χ0n) is 11.1. The number of aliphatic hydroxyl groups excluding tert-OH is 1. The first kappa shape index (κ1) is 13.8. The first-order valence-electron chi connectivity index (χ1n) is 6.53. The maximum atomic E-state index is 9.63. The van der Waals surface area contributed by atoms with Crippen LogP contribution in [0.1, 0.15) is 37.1 Å². The van der Waals surface area contributed by atoms with Gasteiger partial charge in [-0.1, -0.05) is 11.6 Å². The van der Waals surface area contributed by atoms with Crippen LogP contribution in [0.5, 0.6) is 0 Å². The Bertz CT molecular complexity index is 422. The van der Waals surface area contributed by atoms with Crippen LogP contribution in [-0.4, -0.2) is 27.5 Å². The highest BCUT2D eigenvalue weighted by Crippen LogP contribution is 2.40. The van der Waals surface area contributed by atoms with E-state index < -0.39 is 0 Å². The van der Waals surface area contributed by atoms with E-state index in [4.69, 9.17) is 17.3 Å². The molecule has 0 amide bonds. The van der Waals surface area contributed by atoms with Gasteiger partial charge in [0.25, 0.3) is 0 Å². The number of halogens is 1. The van der Waals surface area contributed by atoms with E-state index in [2.05, 4.69) is 5.10 Å². The monoisotopic (exact) mass is 271 g/mol. The predicted octanol–water partition coefficient (Wildman–Crippen LogP) is 1.80. The van der Waals surface area contributed by atoms with Crippen LogP contribution in [0.25, 0.3) is 0 Å². The van der Waals surface area contributed by atoms with Crippen LogP contribution >= 0.6 is 11.6 Å². The number of hydrogen-bond donors (Lipinski definition) is 2. The van der Waals surface area contributed by atoms with E-state index >= 15 is 0 Å². The summed E-state index contributed by atoms with van der Waals surface area (Å²) in [6.07, 6.45) is 4.30. The molecule has 0 saturated heterocycles. The van der Waals surface area contributed by atoms with Gasteiger partial charge in [-0.25, -0.2) is 0 Å². The zero-order valence-corrected chi connectivity index (χ0v) is 11.9. The molecule has 5 heteroatoms. The van der Waals surface area contributed by atoms with Crippen LogP contribution in [0, 0.1) is 12.3 Å². The van der Waals surface area contributed by atoms with E-state index in [9.17, 15) is 5.11 Å². The molecule has 1 aromatic rings. The van der Waals surface area contributed by atoms with Gasteiger partial charge in [0.05, 0.1) is 22.5 Å². The molecule has 0 aliphatic heterocycles. The van der Waals surface area contributed by atoms with E-state index in [0.29, 0.717) is 6.54 Å². The van der Waals surface area contributed by atoms with Crippen molar-refractivity contribution in [2.45, 2.75) is 45.1 Å². The van der Waals surface area contributed by atoms with Gasteiger partial charge < -0.3 is 10.8 Å². The maximum absolute atomic E-state index is 9.63. The van der Waals surface area contributed by atoms with Crippen molar-refractivity contribution in [2.75, 3.05) is 6.54 Å². The largest absolute Gasteiger partial charge is 0.393 e. The summed E-state index contributed by atoms with van der Waals surface area (Å²) in [5.41, 5.74) is 7.99. The van der Waals surface area contributed by atoms with E-state index in [0.717, 1.165) is 48.5 Å². The summed E-state index contributed by atoms with van der Waals surface area (Å²) in [4.78, 5) is 0. The van der Waals surface area contributed by atoms with E-state index in [1.807, 2.05) is 18.7 Å². The Morgan fingerprint density at radius 3 is 2.56 bits per heavy atom. The molecule has 1 aromatic heterocycles. The molecule has 4 nitrogen and oxygen atoms in total. The molecule has 0 bridgehead atoms. The fourth-order valence-electron chi connectivity index (χ4n) is 2.90. The second-order valence-electron chi connectivity index (χ2n) is 5.58. The molecular weight excluding hydrogens is 250 g/mol. The molecule has 3 N–H and O–H groups in total. The van der Waals surface area contributed by atoms with Crippen LogP contribution in [0.3, 0.4) is 0 Å². The zero-order chi connectivity index (χ0) is 13.3. The Hall–Kier alpha value is -0.580. The molecule has 18 heavy (non-hydrogen) atoms. The molecule has 0 atom stereocenters. The highest BCUT2D eigenvalue weighted by molar-refractivity contribution is 6.31. The van der Waals surface area contributed by atoms with Crippen molar-refractivity contribution in [3.63, 3.8) is 0 Å². The van der Waals surface area contributed by atoms with E-state index in [-0.39, 0.29) is 11.5 Å². The smallest absolute Gasteiger partial charge is 0.0847 e. The molecule has 2 rings (SSSR count). The Morgan fingerprint density at radius 2 is 2.11 bits per heavy atom. The summed E-state index contributed by atoms with van der Waals surface area (Å²) in [7, 11) is 1.93. The van der Waals surface area contributed by atoms with Gasteiger partial charge in [0, 0.05) is 7.05 Å². The van der Waals surface area contributed by atoms with Gasteiger partial charge in [-0.2, -0.15) is 5.10 Å². The third-order valence-corrected chi connectivity index (χ3v) is 4.74. The van der Waals surface area contributed by atoms with Gasteiger partial charge in [0.2, 0.25) is 0 Å². The molecule has 102 valence electrons. The van der Waals surface area contributed by atoms with Crippen molar-refractivity contribution in [3.8, 4) is 0 Å². The lowest BCUT2D eigenvalue weighted by Gasteiger charge is -2.38. The van der Waals surface area contributed by atoms with Crippen molar-refractivity contribution in [2.24, 2.45) is 18.2 Å². The minimum absolute atomic E-state index is 0.0725. The number of hydrogen-bond acceptors (Lipinski definition) is 3. The number of aliphatic hydroxyl groups is 1. The average molecular weight is 272 g/mol. The number of aryl methyl sites for hydroxylation is 2. The van der Waals surface area contributed by atoms with Gasteiger partial charge in [-0.05, 0) is 51.0 Å². The minimum atomic E-state index is -0.159. The quantitative estimate of drug-likeness (QED) is 0.881. The summed E-state index contributed by atoms with van der Waals surface area (Å²) in [5.74, 6) is 0. The molecule has 0 radical (unpaired) electrons. The van der Waals surface area contributed by atoms with Gasteiger partial charge in [-0.3, -0.25) is 4.68 Å². The Kier molecular flexibility index (Phi) is 3.99. The third-order valence-electron chi connectivity index (χ3n) is 4.25. The molecule has 1 aliphatic rings. The summed E-state index contributed by atoms with van der Waals surface area (Å²) in [5, 5.41) is 14.7. The number of aromatic nitrogens is 2. The molecule has 1 aliphatic carbocycles. The van der Waals surface area contributed by atoms with Crippen molar-refractivity contribution in [3.05, 3.63) is 16.4 Å². The van der Waals surface area contributed by atoms with Gasteiger partial charge in [-0.15, -0.1) is 0 Å². The summed E-state index contributed by atoms with van der Waals surface area (Å²) in [6, 6.07) is 0. The van der Waals surface area contributed by atoms with Crippen LogP contribution < -0.4 is 5.73 Å². The van der Waals surface area contributed by atoms with E-state index in [1.165, 1.54) is 0 Å². The van der Waals surface area contributed by atoms with Crippen molar-refractivity contribution >= 4 is 11.6 Å². The van der Waals surface area contributed by atoms with Crippen molar-refractivity contribution in [1.29, 1.82) is 0 Å². The first-order valence-corrected chi connectivity index (χ1v) is 6.91. The van der Waals surface area contributed by atoms with Crippen LogP contribution in [0.15, 0.2) is 0 Å². The SMILES string of the molecule is Cc1nn(C)c(CC2(CN)CCC(O)CC2)c1Cl.